The fourth-order valence-electron chi connectivity index (χ4n) is 3.17. The summed E-state index contributed by atoms with van der Waals surface area (Å²) < 4.78 is 40.9. The zero-order valence-corrected chi connectivity index (χ0v) is 12.5. The number of alkyl halides is 3. The van der Waals surface area contributed by atoms with Crippen molar-refractivity contribution in [1.82, 2.24) is 14.6 Å². The van der Waals surface area contributed by atoms with Gasteiger partial charge >= 0.3 is 6.18 Å². The molecule has 23 heavy (non-hydrogen) atoms. The molecule has 3 nitrogen and oxygen atoms in total. The van der Waals surface area contributed by atoms with E-state index in [2.05, 4.69) is 10.1 Å². The van der Waals surface area contributed by atoms with Crippen molar-refractivity contribution in [2.75, 3.05) is 0 Å². The zero-order chi connectivity index (χ0) is 16.2. The van der Waals surface area contributed by atoms with Gasteiger partial charge in [0.1, 0.15) is 0 Å². The first kappa shape index (κ1) is 14.2. The third kappa shape index (κ3) is 2.38. The number of benzene rings is 1. The minimum Gasteiger partial charge on any atom is -0.229 e. The molecule has 6 heteroatoms. The largest absolute Gasteiger partial charge is 0.433 e. The Bertz CT molecular complexity index is 909. The van der Waals surface area contributed by atoms with Crippen molar-refractivity contribution in [2.24, 2.45) is 0 Å². The highest BCUT2D eigenvalue weighted by Crippen LogP contribution is 2.33. The number of hydrogen-bond acceptors (Lipinski definition) is 2. The van der Waals surface area contributed by atoms with Crippen LogP contribution in [0.4, 0.5) is 13.2 Å². The number of nitrogens with zero attached hydrogens (tertiary/aromatic N) is 3. The molecule has 4 rings (SSSR count). The summed E-state index contributed by atoms with van der Waals surface area (Å²) in [6.07, 6.45) is -1.37. The van der Waals surface area contributed by atoms with E-state index in [0.29, 0.717) is 11.4 Å². The van der Waals surface area contributed by atoms with Gasteiger partial charge in [-0.3, -0.25) is 0 Å². The predicted octanol–water partition coefficient (Wildman–Crippen LogP) is 4.21. The summed E-state index contributed by atoms with van der Waals surface area (Å²) in [5.74, 6) is 0. The Balaban J connectivity index is 1.93. The van der Waals surface area contributed by atoms with Crippen molar-refractivity contribution in [1.29, 1.82) is 0 Å². The van der Waals surface area contributed by atoms with E-state index in [4.69, 9.17) is 0 Å². The van der Waals surface area contributed by atoms with Crippen LogP contribution in [-0.2, 0) is 19.0 Å². The van der Waals surface area contributed by atoms with Gasteiger partial charge in [0.15, 0.2) is 11.3 Å². The predicted molar refractivity (Wildman–Crippen MR) is 80.2 cm³/mol. The smallest absolute Gasteiger partial charge is 0.229 e. The summed E-state index contributed by atoms with van der Waals surface area (Å²) in [6, 6.07) is 8.46. The van der Waals surface area contributed by atoms with E-state index >= 15 is 0 Å². The minimum absolute atomic E-state index is 0.216. The van der Waals surface area contributed by atoms with E-state index < -0.39 is 11.9 Å². The molecule has 0 atom stereocenters. The van der Waals surface area contributed by atoms with E-state index in [-0.39, 0.29) is 5.65 Å². The van der Waals surface area contributed by atoms with E-state index in [1.54, 1.807) is 13.0 Å². The van der Waals surface area contributed by atoms with Gasteiger partial charge in [-0.05, 0) is 49.4 Å². The molecule has 118 valence electrons. The van der Waals surface area contributed by atoms with Gasteiger partial charge in [-0.1, -0.05) is 12.1 Å². The van der Waals surface area contributed by atoms with Crippen LogP contribution < -0.4 is 0 Å². The van der Waals surface area contributed by atoms with Gasteiger partial charge in [-0.25, -0.2) is 9.50 Å². The molecule has 2 aromatic heterocycles. The van der Waals surface area contributed by atoms with Gasteiger partial charge in [0, 0.05) is 11.6 Å². The van der Waals surface area contributed by atoms with Gasteiger partial charge in [0.25, 0.3) is 0 Å². The molecule has 0 saturated heterocycles. The maximum Gasteiger partial charge on any atom is 0.433 e. The van der Waals surface area contributed by atoms with Gasteiger partial charge < -0.3 is 0 Å². The third-order valence-electron chi connectivity index (χ3n) is 4.23. The lowest BCUT2D eigenvalue weighted by atomic mass is 10.0. The summed E-state index contributed by atoms with van der Waals surface area (Å²) in [5.41, 5.74) is 3.47. The summed E-state index contributed by atoms with van der Waals surface area (Å²) in [5, 5.41) is 3.91. The maximum atomic E-state index is 13.4. The lowest BCUT2D eigenvalue weighted by molar-refractivity contribution is -0.142. The van der Waals surface area contributed by atoms with Crippen molar-refractivity contribution in [3.63, 3.8) is 0 Å². The molecule has 0 radical (unpaired) electrons. The molecule has 3 aromatic rings. The summed E-state index contributed by atoms with van der Waals surface area (Å²) >= 11 is 0. The highest BCUT2D eigenvalue weighted by atomic mass is 19.4. The van der Waals surface area contributed by atoms with Crippen LogP contribution in [0, 0.1) is 6.92 Å². The van der Waals surface area contributed by atoms with Gasteiger partial charge in [-0.15, -0.1) is 0 Å². The van der Waals surface area contributed by atoms with Crippen LogP contribution in [0.15, 0.2) is 30.3 Å². The highest BCUT2D eigenvalue weighted by molar-refractivity contribution is 5.64. The first-order chi connectivity index (χ1) is 10.9. The summed E-state index contributed by atoms with van der Waals surface area (Å²) in [6.45, 7) is 1.66. The van der Waals surface area contributed by atoms with Gasteiger partial charge in [-0.2, -0.15) is 18.3 Å². The Labute approximate surface area is 130 Å². The van der Waals surface area contributed by atoms with Crippen LogP contribution in [0.25, 0.3) is 16.9 Å². The SMILES string of the molecule is Cc1cc2nc(-c3ccc4c(c3)CCC4)cc(C(F)(F)F)n2n1. The average molecular weight is 317 g/mol. The fraction of sp³-hybridized carbons (Fsp3) is 0.294. The first-order valence-electron chi connectivity index (χ1n) is 7.48. The molecule has 0 fully saturated rings. The molecule has 1 aliphatic carbocycles. The molecular formula is C17H14F3N3. The average Bonchev–Trinajstić information content (AvgIpc) is 3.08. The van der Waals surface area contributed by atoms with E-state index in [9.17, 15) is 13.2 Å². The second kappa shape index (κ2) is 4.81. The van der Waals surface area contributed by atoms with Crippen LogP contribution in [0.2, 0.25) is 0 Å². The van der Waals surface area contributed by atoms with E-state index in [1.165, 1.54) is 11.1 Å². The number of halogens is 3. The molecule has 0 spiro atoms. The van der Waals surface area contributed by atoms with Crippen LogP contribution in [-0.4, -0.2) is 14.6 Å². The Morgan fingerprint density at radius 1 is 1.04 bits per heavy atom. The molecule has 0 bridgehead atoms. The third-order valence-corrected chi connectivity index (χ3v) is 4.23. The summed E-state index contributed by atoms with van der Waals surface area (Å²) in [7, 11) is 0. The van der Waals surface area contributed by atoms with Crippen LogP contribution in [0.3, 0.4) is 0 Å². The molecule has 0 aliphatic heterocycles. The molecular weight excluding hydrogens is 303 g/mol. The first-order valence-corrected chi connectivity index (χ1v) is 7.48. The number of fused-ring (bicyclic) bond motifs is 2. The summed E-state index contributed by atoms with van der Waals surface area (Å²) in [4.78, 5) is 4.37. The van der Waals surface area contributed by atoms with Gasteiger partial charge in [0.05, 0.1) is 11.4 Å². The van der Waals surface area contributed by atoms with Crippen molar-refractivity contribution in [3.8, 4) is 11.3 Å². The molecule has 1 aromatic carbocycles. The number of rotatable bonds is 1. The Hall–Kier alpha value is -2.37. The van der Waals surface area contributed by atoms with E-state index in [1.807, 2.05) is 18.2 Å². The lowest BCUT2D eigenvalue weighted by Gasteiger charge is -2.11. The second-order valence-corrected chi connectivity index (χ2v) is 5.92. The topological polar surface area (TPSA) is 30.2 Å². The van der Waals surface area contributed by atoms with Crippen molar-refractivity contribution in [3.05, 3.63) is 52.8 Å². The van der Waals surface area contributed by atoms with Crippen molar-refractivity contribution >= 4 is 5.65 Å². The molecule has 0 N–H and O–H groups in total. The number of aromatic nitrogens is 3. The normalized spacial score (nSPS) is 14.4. The van der Waals surface area contributed by atoms with Crippen molar-refractivity contribution in [2.45, 2.75) is 32.4 Å². The standard InChI is InChI=1S/C17H14F3N3/c1-10-7-16-21-14(9-15(17(18,19)20)23(16)22-10)13-6-5-11-3-2-4-12(11)8-13/h5-9H,2-4H2,1H3. The number of hydrogen-bond donors (Lipinski definition) is 0. The molecule has 0 amide bonds. The highest BCUT2D eigenvalue weighted by Gasteiger charge is 2.35. The Morgan fingerprint density at radius 2 is 1.83 bits per heavy atom. The molecule has 2 heterocycles. The molecule has 0 saturated carbocycles. The van der Waals surface area contributed by atoms with Crippen LogP contribution in [0.5, 0.6) is 0 Å². The van der Waals surface area contributed by atoms with Crippen LogP contribution in [0.1, 0.15) is 28.9 Å². The fourth-order valence-corrected chi connectivity index (χ4v) is 3.17. The van der Waals surface area contributed by atoms with E-state index in [0.717, 1.165) is 35.4 Å². The Kier molecular flexibility index (Phi) is 2.98. The second-order valence-electron chi connectivity index (χ2n) is 5.92. The zero-order valence-electron chi connectivity index (χ0n) is 12.5. The van der Waals surface area contributed by atoms with Crippen LogP contribution >= 0.6 is 0 Å². The molecule has 1 aliphatic rings. The number of aryl methyl sites for hydroxylation is 3. The van der Waals surface area contributed by atoms with Gasteiger partial charge in [0.2, 0.25) is 0 Å². The quantitative estimate of drug-likeness (QED) is 0.673. The Morgan fingerprint density at radius 3 is 2.61 bits per heavy atom. The monoisotopic (exact) mass is 317 g/mol. The molecule has 0 unspecified atom stereocenters. The van der Waals surface area contributed by atoms with Crippen molar-refractivity contribution < 1.29 is 13.2 Å². The lowest BCUT2D eigenvalue weighted by Crippen LogP contribution is -2.13. The maximum absolute atomic E-state index is 13.4. The minimum atomic E-state index is -4.48.